The Morgan fingerprint density at radius 3 is 1.97 bits per heavy atom. The maximum absolute atomic E-state index is 14.3. The lowest BCUT2D eigenvalue weighted by atomic mass is 9.89. The first-order valence-electron chi connectivity index (χ1n) is 10.1. The lowest BCUT2D eigenvalue weighted by Crippen LogP contribution is -2.35. The molecule has 0 aliphatic carbocycles. The first-order chi connectivity index (χ1) is 16.3. The van der Waals surface area contributed by atoms with Crippen molar-refractivity contribution in [3.05, 3.63) is 112 Å². The lowest BCUT2D eigenvalue weighted by molar-refractivity contribution is -0.485. The number of halogens is 3. The molecular formula is C24H21F3N4O3. The molecule has 0 amide bonds. The summed E-state index contributed by atoms with van der Waals surface area (Å²) in [6, 6.07) is 22.3. The molecule has 10 heteroatoms. The average molecular weight is 470 g/mol. The molecule has 0 unspecified atom stereocenters. The van der Waals surface area contributed by atoms with Crippen LogP contribution >= 0.6 is 0 Å². The number of nitrogens with one attached hydrogen (secondary N) is 1. The Morgan fingerprint density at radius 2 is 1.44 bits per heavy atom. The number of hydrogen-bond donors (Lipinski definition) is 2. The Morgan fingerprint density at radius 1 is 0.912 bits per heavy atom. The molecular weight excluding hydrogens is 449 g/mol. The zero-order valence-corrected chi connectivity index (χ0v) is 17.8. The second kappa shape index (κ2) is 11.0. The van der Waals surface area contributed by atoms with E-state index < -0.39 is 16.8 Å². The highest BCUT2D eigenvalue weighted by Gasteiger charge is 2.38. The number of nitrogens with zero attached hydrogens (tertiary/aromatic N) is 2. The van der Waals surface area contributed by atoms with Gasteiger partial charge in [0.25, 0.3) is 5.96 Å². The third-order valence-corrected chi connectivity index (χ3v) is 4.67. The molecule has 0 radical (unpaired) electrons. The maximum Gasteiger partial charge on any atom is 0.417 e. The van der Waals surface area contributed by atoms with E-state index in [9.17, 15) is 23.3 Å². The molecule has 0 aliphatic heterocycles. The Kier molecular flexibility index (Phi) is 7.86. The zero-order chi connectivity index (χ0) is 24.6. The van der Waals surface area contributed by atoms with Crippen LogP contribution in [0.25, 0.3) is 11.1 Å². The molecule has 3 aromatic rings. The van der Waals surface area contributed by atoms with Crippen LogP contribution in [0, 0.1) is 10.1 Å². The number of alkyl halides is 3. The van der Waals surface area contributed by atoms with E-state index in [1.54, 1.807) is 72.8 Å². The zero-order valence-electron chi connectivity index (χ0n) is 17.8. The van der Waals surface area contributed by atoms with Crippen LogP contribution in [0.4, 0.5) is 13.2 Å². The van der Waals surface area contributed by atoms with E-state index in [0.29, 0.717) is 16.9 Å². The van der Waals surface area contributed by atoms with Crippen molar-refractivity contribution in [2.75, 3.05) is 13.2 Å². The van der Waals surface area contributed by atoms with E-state index in [-0.39, 0.29) is 30.2 Å². The minimum absolute atomic E-state index is 0.0521. The molecule has 3 rings (SSSR count). The normalized spacial score (nSPS) is 12.6. The van der Waals surface area contributed by atoms with Gasteiger partial charge in [0.2, 0.25) is 0 Å². The summed E-state index contributed by atoms with van der Waals surface area (Å²) in [6.07, 6.45) is -4.60. The Balaban J connectivity index is 1.91. The number of benzene rings is 3. The third kappa shape index (κ3) is 6.58. The molecule has 0 aliphatic rings. The van der Waals surface area contributed by atoms with Crippen molar-refractivity contribution < 1.29 is 22.9 Å². The van der Waals surface area contributed by atoms with Crippen LogP contribution in [-0.4, -0.2) is 30.3 Å². The summed E-state index contributed by atoms with van der Waals surface area (Å²) in [5.41, 5.74) is 5.50. The van der Waals surface area contributed by atoms with Crippen molar-refractivity contribution in [3.8, 4) is 5.75 Å². The summed E-state index contributed by atoms with van der Waals surface area (Å²) < 4.78 is 48.4. The molecule has 0 bridgehead atoms. The van der Waals surface area contributed by atoms with E-state index in [0.717, 1.165) is 0 Å². The van der Waals surface area contributed by atoms with Gasteiger partial charge in [0.1, 0.15) is 17.5 Å². The first-order valence-corrected chi connectivity index (χ1v) is 10.1. The topological polar surface area (TPSA) is 103 Å². The standard InChI is InChI=1S/C24H21F3N4O3/c25-24(26,27)22(19-9-5-2-6-10-19)21(17-7-3-1-4-8-17)18-11-13-20(14-12-18)34-16-15-29-23(28)30-31(32)33/h1-14H,15-16H2,(H3,28,29,30)/b22-21+. The van der Waals surface area contributed by atoms with Crippen molar-refractivity contribution in [2.45, 2.75) is 6.18 Å². The van der Waals surface area contributed by atoms with Crippen LogP contribution < -0.4 is 15.8 Å². The fourth-order valence-corrected chi connectivity index (χ4v) is 3.30. The van der Waals surface area contributed by atoms with E-state index in [2.05, 4.69) is 10.4 Å². The number of rotatable bonds is 8. The van der Waals surface area contributed by atoms with Crippen LogP contribution in [0.15, 0.2) is 90.0 Å². The molecule has 0 fully saturated rings. The smallest absolute Gasteiger partial charge is 0.417 e. The SMILES string of the molecule is NC(=N[N+](=O)[O-])NCCOc1ccc(/C(=C(\c2ccccc2)C(F)(F)F)c2ccccc2)cc1. The molecule has 7 nitrogen and oxygen atoms in total. The van der Waals surface area contributed by atoms with Gasteiger partial charge in [-0.05, 0) is 28.8 Å². The minimum atomic E-state index is -4.60. The predicted molar refractivity (Wildman–Crippen MR) is 123 cm³/mol. The van der Waals surface area contributed by atoms with E-state index >= 15 is 0 Å². The number of nitro groups is 1. The molecule has 0 spiro atoms. The van der Waals surface area contributed by atoms with Gasteiger partial charge in [-0.25, -0.2) is 10.1 Å². The number of nitrogens with two attached hydrogens (primary N) is 1. The van der Waals surface area contributed by atoms with Gasteiger partial charge in [0.05, 0.1) is 12.1 Å². The van der Waals surface area contributed by atoms with E-state index in [1.165, 1.54) is 12.1 Å². The molecule has 0 heterocycles. The molecule has 0 aromatic heterocycles. The maximum atomic E-state index is 14.3. The summed E-state index contributed by atoms with van der Waals surface area (Å²) in [6.45, 7) is 0.249. The van der Waals surface area contributed by atoms with E-state index in [4.69, 9.17) is 10.5 Å². The van der Waals surface area contributed by atoms with Gasteiger partial charge in [-0.1, -0.05) is 72.8 Å². The number of ether oxygens (including phenoxy) is 1. The number of guanidine groups is 1. The Bertz CT molecular complexity index is 1160. The minimum Gasteiger partial charge on any atom is -0.492 e. The monoisotopic (exact) mass is 470 g/mol. The molecule has 0 saturated carbocycles. The lowest BCUT2D eigenvalue weighted by Gasteiger charge is -2.20. The van der Waals surface area contributed by atoms with Crippen molar-refractivity contribution in [3.63, 3.8) is 0 Å². The molecule has 3 aromatic carbocycles. The Labute approximate surface area is 193 Å². The fourth-order valence-electron chi connectivity index (χ4n) is 3.30. The summed E-state index contributed by atoms with van der Waals surface area (Å²) in [4.78, 5) is 10.2. The average Bonchev–Trinajstić information content (AvgIpc) is 2.80. The largest absolute Gasteiger partial charge is 0.492 e. The highest BCUT2D eigenvalue weighted by Crippen LogP contribution is 2.42. The van der Waals surface area contributed by atoms with Crippen LogP contribution in [-0.2, 0) is 0 Å². The summed E-state index contributed by atoms with van der Waals surface area (Å²) >= 11 is 0. The fraction of sp³-hybridized carbons (Fsp3) is 0.125. The summed E-state index contributed by atoms with van der Waals surface area (Å²) in [7, 11) is 0. The number of allylic oxidation sites excluding steroid dienone is 1. The van der Waals surface area contributed by atoms with Crippen LogP contribution in [0.5, 0.6) is 5.75 Å². The highest BCUT2D eigenvalue weighted by molar-refractivity contribution is 6.00. The molecule has 176 valence electrons. The highest BCUT2D eigenvalue weighted by atomic mass is 19.4. The third-order valence-electron chi connectivity index (χ3n) is 4.67. The predicted octanol–water partition coefficient (Wildman–Crippen LogP) is 4.68. The van der Waals surface area contributed by atoms with Gasteiger partial charge < -0.3 is 15.8 Å². The van der Waals surface area contributed by atoms with Gasteiger partial charge in [-0.3, -0.25) is 0 Å². The van der Waals surface area contributed by atoms with Crippen molar-refractivity contribution in [1.29, 1.82) is 0 Å². The second-order valence-corrected chi connectivity index (χ2v) is 7.00. The molecule has 34 heavy (non-hydrogen) atoms. The number of hydrogen-bond acceptors (Lipinski definition) is 3. The van der Waals surface area contributed by atoms with Crippen molar-refractivity contribution in [1.82, 2.24) is 5.32 Å². The summed E-state index contributed by atoms with van der Waals surface area (Å²) in [5, 5.41) is 14.7. The van der Waals surface area contributed by atoms with Crippen LogP contribution in [0.1, 0.15) is 16.7 Å². The van der Waals surface area contributed by atoms with Gasteiger partial charge in [-0.15, -0.1) is 0 Å². The van der Waals surface area contributed by atoms with Gasteiger partial charge >= 0.3 is 6.18 Å². The molecule has 0 atom stereocenters. The van der Waals surface area contributed by atoms with Crippen LogP contribution in [0.2, 0.25) is 0 Å². The summed E-state index contributed by atoms with van der Waals surface area (Å²) in [5.74, 6) is 0.0539. The van der Waals surface area contributed by atoms with Crippen molar-refractivity contribution in [2.24, 2.45) is 10.8 Å². The first kappa shape index (κ1) is 24.3. The molecule has 3 N–H and O–H groups in total. The molecule has 0 saturated heterocycles. The van der Waals surface area contributed by atoms with Gasteiger partial charge in [0, 0.05) is 5.57 Å². The van der Waals surface area contributed by atoms with Gasteiger partial charge in [-0.2, -0.15) is 13.2 Å². The van der Waals surface area contributed by atoms with Gasteiger partial charge in [0.15, 0.2) is 5.03 Å². The van der Waals surface area contributed by atoms with E-state index in [1.807, 2.05) is 0 Å². The van der Waals surface area contributed by atoms with Crippen molar-refractivity contribution >= 4 is 17.1 Å². The Hall–Kier alpha value is -4.34. The quantitative estimate of drug-likeness (QED) is 0.124. The van der Waals surface area contributed by atoms with Crippen LogP contribution in [0.3, 0.4) is 0 Å². The second-order valence-electron chi connectivity index (χ2n) is 7.00. The number of hydrazone groups is 1.